The van der Waals surface area contributed by atoms with E-state index in [9.17, 15) is 5.11 Å². The second kappa shape index (κ2) is 12.4. The van der Waals surface area contributed by atoms with Crippen LogP contribution in [0.4, 0.5) is 0 Å². The summed E-state index contributed by atoms with van der Waals surface area (Å²) in [5, 5.41) is 14.4. The van der Waals surface area contributed by atoms with Crippen LogP contribution in [-0.2, 0) is 6.61 Å². The van der Waals surface area contributed by atoms with Crippen molar-refractivity contribution in [3.8, 4) is 11.5 Å². The SMILES string of the molecule is Cl.Cl.Oc1cc(OCc2ccccc2)ccc1[C@H](C1CCCCC1)N1CCNCC1. The summed E-state index contributed by atoms with van der Waals surface area (Å²) in [7, 11) is 0. The van der Waals surface area contributed by atoms with Gasteiger partial charge in [0.15, 0.2) is 0 Å². The molecule has 2 aromatic carbocycles. The minimum atomic E-state index is 0. The molecule has 1 saturated heterocycles. The molecular formula is C24H34Cl2N2O2. The number of nitrogens with zero attached hydrogens (tertiary/aromatic N) is 1. The van der Waals surface area contributed by atoms with E-state index in [0.29, 0.717) is 24.3 Å². The Kier molecular flexibility index (Phi) is 10.3. The smallest absolute Gasteiger partial charge is 0.124 e. The number of piperazine rings is 1. The van der Waals surface area contributed by atoms with Crippen LogP contribution in [0.1, 0.15) is 49.3 Å². The van der Waals surface area contributed by atoms with Crippen LogP contribution in [0.5, 0.6) is 11.5 Å². The number of benzene rings is 2. The molecule has 30 heavy (non-hydrogen) atoms. The van der Waals surface area contributed by atoms with Gasteiger partial charge in [0.1, 0.15) is 18.1 Å². The van der Waals surface area contributed by atoms with E-state index in [-0.39, 0.29) is 24.8 Å². The van der Waals surface area contributed by atoms with Gasteiger partial charge in [0, 0.05) is 43.9 Å². The Labute approximate surface area is 192 Å². The van der Waals surface area contributed by atoms with E-state index in [0.717, 1.165) is 43.1 Å². The minimum absolute atomic E-state index is 0. The summed E-state index contributed by atoms with van der Waals surface area (Å²) in [5.74, 6) is 1.74. The van der Waals surface area contributed by atoms with Crippen molar-refractivity contribution in [2.45, 2.75) is 44.8 Å². The lowest BCUT2D eigenvalue weighted by Gasteiger charge is -2.41. The lowest BCUT2D eigenvalue weighted by Crippen LogP contribution is -2.47. The maximum absolute atomic E-state index is 10.9. The third kappa shape index (κ3) is 6.27. The first kappa shape index (κ1) is 24.8. The number of phenols is 1. The molecule has 2 aliphatic rings. The molecule has 0 spiro atoms. The molecule has 4 nitrogen and oxygen atoms in total. The average molecular weight is 453 g/mol. The number of nitrogens with one attached hydrogen (secondary N) is 1. The van der Waals surface area contributed by atoms with Crippen molar-refractivity contribution < 1.29 is 9.84 Å². The fourth-order valence-electron chi connectivity index (χ4n) is 4.76. The highest BCUT2D eigenvalue weighted by Crippen LogP contribution is 2.42. The molecule has 2 N–H and O–H groups in total. The molecule has 1 aliphatic heterocycles. The van der Waals surface area contributed by atoms with Crippen LogP contribution in [0.15, 0.2) is 48.5 Å². The third-order valence-corrected chi connectivity index (χ3v) is 6.21. The maximum atomic E-state index is 10.9. The molecule has 1 heterocycles. The van der Waals surface area contributed by atoms with E-state index < -0.39 is 0 Å². The van der Waals surface area contributed by atoms with Gasteiger partial charge in [-0.05, 0) is 30.4 Å². The molecule has 166 valence electrons. The van der Waals surface area contributed by atoms with Gasteiger partial charge in [-0.2, -0.15) is 0 Å². The Bertz CT molecular complexity index is 730. The van der Waals surface area contributed by atoms with Crippen molar-refractivity contribution in [3.05, 3.63) is 59.7 Å². The van der Waals surface area contributed by atoms with Crippen molar-refractivity contribution >= 4 is 24.8 Å². The molecule has 0 unspecified atom stereocenters. The second-order valence-electron chi connectivity index (χ2n) is 8.12. The number of hydrogen-bond donors (Lipinski definition) is 2. The van der Waals surface area contributed by atoms with Gasteiger partial charge in [-0.25, -0.2) is 0 Å². The average Bonchev–Trinajstić information content (AvgIpc) is 2.76. The Morgan fingerprint density at radius 1 is 0.967 bits per heavy atom. The van der Waals surface area contributed by atoms with Gasteiger partial charge in [-0.15, -0.1) is 24.8 Å². The lowest BCUT2D eigenvalue weighted by atomic mass is 9.80. The summed E-state index contributed by atoms with van der Waals surface area (Å²) in [5.41, 5.74) is 2.20. The second-order valence-corrected chi connectivity index (χ2v) is 8.12. The van der Waals surface area contributed by atoms with E-state index in [2.05, 4.69) is 28.4 Å². The standard InChI is InChI=1S/C24H32N2O2.2ClH/c27-23-17-21(28-18-19-7-3-1-4-8-19)11-12-22(23)24(20-9-5-2-6-10-20)26-15-13-25-14-16-26;;/h1,3-4,7-8,11-12,17,20,24-25,27H,2,5-6,9-10,13-16,18H2;2*1H/t24-;;/m0../s1. The Morgan fingerprint density at radius 2 is 1.67 bits per heavy atom. The van der Waals surface area contributed by atoms with Gasteiger partial charge in [-0.3, -0.25) is 4.90 Å². The fraction of sp³-hybridized carbons (Fsp3) is 0.500. The van der Waals surface area contributed by atoms with Crippen molar-refractivity contribution in [2.75, 3.05) is 26.2 Å². The first-order valence-electron chi connectivity index (χ1n) is 10.8. The van der Waals surface area contributed by atoms with Crippen LogP contribution < -0.4 is 10.1 Å². The predicted molar refractivity (Wildman–Crippen MR) is 127 cm³/mol. The van der Waals surface area contributed by atoms with Gasteiger partial charge < -0.3 is 15.2 Å². The molecule has 2 aromatic rings. The van der Waals surface area contributed by atoms with Crippen molar-refractivity contribution in [2.24, 2.45) is 5.92 Å². The van der Waals surface area contributed by atoms with Gasteiger partial charge in [0.05, 0.1) is 0 Å². The summed E-state index contributed by atoms with van der Waals surface area (Å²) in [6, 6.07) is 16.4. The first-order valence-corrected chi connectivity index (χ1v) is 10.8. The van der Waals surface area contributed by atoms with Crippen LogP contribution in [0.2, 0.25) is 0 Å². The molecule has 2 fully saturated rings. The third-order valence-electron chi connectivity index (χ3n) is 6.21. The Hall–Kier alpha value is -1.46. The van der Waals surface area contributed by atoms with Gasteiger partial charge in [0.2, 0.25) is 0 Å². The van der Waals surface area contributed by atoms with Crippen molar-refractivity contribution in [1.82, 2.24) is 10.2 Å². The van der Waals surface area contributed by atoms with Gasteiger partial charge in [-0.1, -0.05) is 55.7 Å². The van der Waals surface area contributed by atoms with Crippen molar-refractivity contribution in [3.63, 3.8) is 0 Å². The molecule has 1 atom stereocenters. The largest absolute Gasteiger partial charge is 0.507 e. The number of phenolic OH excluding ortho intramolecular Hbond substituents is 1. The molecule has 0 bridgehead atoms. The van der Waals surface area contributed by atoms with Crippen LogP contribution in [0, 0.1) is 5.92 Å². The quantitative estimate of drug-likeness (QED) is 0.620. The molecule has 1 aliphatic carbocycles. The monoisotopic (exact) mass is 452 g/mol. The lowest BCUT2D eigenvalue weighted by molar-refractivity contribution is 0.101. The topological polar surface area (TPSA) is 44.7 Å². The fourth-order valence-corrected chi connectivity index (χ4v) is 4.76. The summed E-state index contributed by atoms with van der Waals surface area (Å²) < 4.78 is 5.91. The highest BCUT2D eigenvalue weighted by molar-refractivity contribution is 5.85. The van der Waals surface area contributed by atoms with Crippen LogP contribution >= 0.6 is 24.8 Å². The summed E-state index contributed by atoms with van der Waals surface area (Å²) >= 11 is 0. The molecule has 0 amide bonds. The van der Waals surface area contributed by atoms with E-state index in [1.807, 2.05) is 24.3 Å². The van der Waals surface area contributed by atoms with E-state index in [4.69, 9.17) is 4.74 Å². The number of halogens is 2. The molecule has 0 aromatic heterocycles. The van der Waals surface area contributed by atoms with Crippen LogP contribution in [-0.4, -0.2) is 36.2 Å². The van der Waals surface area contributed by atoms with Gasteiger partial charge in [0.25, 0.3) is 0 Å². The summed E-state index contributed by atoms with van der Waals surface area (Å²) in [4.78, 5) is 2.58. The molecule has 1 saturated carbocycles. The normalized spacial score (nSPS) is 18.7. The molecule has 0 radical (unpaired) electrons. The van der Waals surface area contributed by atoms with Crippen LogP contribution in [0.3, 0.4) is 0 Å². The van der Waals surface area contributed by atoms with E-state index in [1.165, 1.54) is 32.1 Å². The molecule has 4 rings (SSSR count). The molecular weight excluding hydrogens is 419 g/mol. The Balaban J connectivity index is 0.00000160. The maximum Gasteiger partial charge on any atom is 0.124 e. The number of rotatable bonds is 6. The summed E-state index contributed by atoms with van der Waals surface area (Å²) in [6.07, 6.45) is 6.50. The number of hydrogen-bond acceptors (Lipinski definition) is 4. The zero-order valence-electron chi connectivity index (χ0n) is 17.5. The zero-order valence-corrected chi connectivity index (χ0v) is 19.1. The van der Waals surface area contributed by atoms with E-state index >= 15 is 0 Å². The number of ether oxygens (including phenoxy) is 1. The summed E-state index contributed by atoms with van der Waals surface area (Å²) in [6.45, 7) is 4.67. The predicted octanol–water partition coefficient (Wildman–Crippen LogP) is 5.34. The molecule has 6 heteroatoms. The highest BCUT2D eigenvalue weighted by atomic mass is 35.5. The highest BCUT2D eigenvalue weighted by Gasteiger charge is 2.32. The minimum Gasteiger partial charge on any atom is -0.507 e. The first-order chi connectivity index (χ1) is 13.8. The Morgan fingerprint density at radius 3 is 2.33 bits per heavy atom. The van der Waals surface area contributed by atoms with Crippen LogP contribution in [0.25, 0.3) is 0 Å². The zero-order chi connectivity index (χ0) is 19.2. The van der Waals surface area contributed by atoms with E-state index in [1.54, 1.807) is 6.07 Å². The number of aromatic hydroxyl groups is 1. The van der Waals surface area contributed by atoms with Crippen molar-refractivity contribution in [1.29, 1.82) is 0 Å². The van der Waals surface area contributed by atoms with Gasteiger partial charge >= 0.3 is 0 Å².